The molecule has 156 valence electrons. The Labute approximate surface area is 181 Å². The van der Waals surface area contributed by atoms with Crippen LogP contribution in [0.2, 0.25) is 5.02 Å². The number of hydrogen-bond donors (Lipinski definition) is 1. The quantitative estimate of drug-likeness (QED) is 0.562. The minimum Gasteiger partial charge on any atom is -0.497 e. The highest BCUT2D eigenvalue weighted by molar-refractivity contribution is 6.30. The number of carbonyl (C=O) groups is 1. The zero-order valence-corrected chi connectivity index (χ0v) is 17.6. The van der Waals surface area contributed by atoms with Crippen LogP contribution in [0.4, 0.5) is 11.4 Å². The van der Waals surface area contributed by atoms with Gasteiger partial charge in [0.25, 0.3) is 5.91 Å². The smallest absolute Gasteiger partial charge is 0.267 e. The van der Waals surface area contributed by atoms with Gasteiger partial charge in [-0.25, -0.2) is 0 Å². The molecule has 0 atom stereocenters. The standard InChI is InChI=1S/C22H23ClN4O3/c1-29-19-6-7-21(30-2)20(13-19)25-22(28)16(14-24)15-26-8-10-27(11-9-26)18-5-3-4-17(23)12-18/h3-7,12-13,15H,8-11H2,1-2H3,(H,25,28)/b16-15-. The molecule has 1 fully saturated rings. The van der Waals surface area contributed by atoms with Crippen LogP contribution in [0, 0.1) is 11.3 Å². The first-order valence-corrected chi connectivity index (χ1v) is 9.81. The molecule has 2 aromatic carbocycles. The second kappa shape index (κ2) is 9.90. The van der Waals surface area contributed by atoms with Crippen LogP contribution in [-0.2, 0) is 4.79 Å². The van der Waals surface area contributed by atoms with Gasteiger partial charge in [-0.15, -0.1) is 0 Å². The summed E-state index contributed by atoms with van der Waals surface area (Å²) in [6, 6.07) is 14.8. The lowest BCUT2D eigenvalue weighted by molar-refractivity contribution is -0.112. The maximum absolute atomic E-state index is 12.7. The van der Waals surface area contributed by atoms with Crippen molar-refractivity contribution in [2.75, 3.05) is 50.6 Å². The van der Waals surface area contributed by atoms with E-state index in [0.717, 1.165) is 18.8 Å². The Kier molecular flexibility index (Phi) is 7.04. The van der Waals surface area contributed by atoms with Gasteiger partial charge in [-0.2, -0.15) is 5.26 Å². The van der Waals surface area contributed by atoms with Crippen LogP contribution in [-0.4, -0.2) is 51.2 Å². The Morgan fingerprint density at radius 1 is 1.13 bits per heavy atom. The van der Waals surface area contributed by atoms with Gasteiger partial charge in [0.1, 0.15) is 23.1 Å². The number of nitriles is 1. The first kappa shape index (κ1) is 21.3. The molecule has 3 rings (SSSR count). The van der Waals surface area contributed by atoms with Crippen molar-refractivity contribution in [3.05, 3.63) is 59.3 Å². The van der Waals surface area contributed by atoms with E-state index in [1.165, 1.54) is 14.2 Å². The molecule has 1 aliphatic heterocycles. The Hall–Kier alpha value is -3.37. The molecule has 0 aliphatic carbocycles. The molecule has 2 aromatic rings. The monoisotopic (exact) mass is 426 g/mol. The fourth-order valence-electron chi connectivity index (χ4n) is 3.20. The molecule has 7 nitrogen and oxygen atoms in total. The molecule has 0 unspecified atom stereocenters. The van der Waals surface area contributed by atoms with Gasteiger partial charge in [-0.05, 0) is 30.3 Å². The number of nitrogens with one attached hydrogen (secondary N) is 1. The molecule has 1 aliphatic rings. The molecule has 0 bridgehead atoms. The van der Waals surface area contributed by atoms with E-state index in [1.807, 2.05) is 35.2 Å². The third-order valence-electron chi connectivity index (χ3n) is 4.82. The van der Waals surface area contributed by atoms with Gasteiger partial charge in [0, 0.05) is 49.2 Å². The lowest BCUT2D eigenvalue weighted by Crippen LogP contribution is -2.44. The largest absolute Gasteiger partial charge is 0.497 e. The van der Waals surface area contributed by atoms with Crippen molar-refractivity contribution < 1.29 is 14.3 Å². The van der Waals surface area contributed by atoms with Crippen LogP contribution in [0.15, 0.2) is 54.2 Å². The molecule has 1 heterocycles. The lowest BCUT2D eigenvalue weighted by Gasteiger charge is -2.35. The number of hydrogen-bond acceptors (Lipinski definition) is 6. The first-order chi connectivity index (χ1) is 14.5. The summed E-state index contributed by atoms with van der Waals surface area (Å²) >= 11 is 6.08. The predicted octanol–water partition coefficient (Wildman–Crippen LogP) is 3.53. The van der Waals surface area contributed by atoms with Crippen molar-refractivity contribution in [2.45, 2.75) is 0 Å². The third kappa shape index (κ3) is 5.16. The highest BCUT2D eigenvalue weighted by atomic mass is 35.5. The van der Waals surface area contributed by atoms with Crippen molar-refractivity contribution in [1.82, 2.24) is 4.90 Å². The minimum atomic E-state index is -0.499. The molecule has 8 heteroatoms. The Morgan fingerprint density at radius 2 is 1.90 bits per heavy atom. The number of benzene rings is 2. The van der Waals surface area contributed by atoms with Crippen LogP contribution >= 0.6 is 11.6 Å². The summed E-state index contributed by atoms with van der Waals surface area (Å²) < 4.78 is 10.5. The molecule has 1 N–H and O–H groups in total. The summed E-state index contributed by atoms with van der Waals surface area (Å²) in [5.41, 5.74) is 1.53. The minimum absolute atomic E-state index is 0.0241. The van der Waals surface area contributed by atoms with E-state index in [4.69, 9.17) is 21.1 Å². The summed E-state index contributed by atoms with van der Waals surface area (Å²) in [5.74, 6) is 0.559. The molecule has 0 saturated carbocycles. The third-order valence-corrected chi connectivity index (χ3v) is 5.05. The SMILES string of the molecule is COc1ccc(OC)c(NC(=O)/C(C#N)=C\N2CCN(c3cccc(Cl)c3)CC2)c1. The summed E-state index contributed by atoms with van der Waals surface area (Å²) in [6.07, 6.45) is 1.61. The molecular formula is C22H23ClN4O3. The molecule has 1 amide bonds. The second-order valence-electron chi connectivity index (χ2n) is 6.68. The average molecular weight is 427 g/mol. The zero-order valence-electron chi connectivity index (χ0n) is 16.9. The van der Waals surface area contributed by atoms with Crippen molar-refractivity contribution in [1.29, 1.82) is 5.26 Å². The number of amides is 1. The zero-order chi connectivity index (χ0) is 21.5. The fourth-order valence-corrected chi connectivity index (χ4v) is 3.39. The van der Waals surface area contributed by atoms with E-state index in [1.54, 1.807) is 24.4 Å². The maximum atomic E-state index is 12.7. The number of anilines is 2. The summed E-state index contributed by atoms with van der Waals surface area (Å²) in [6.45, 7) is 2.91. The fraction of sp³-hybridized carbons (Fsp3) is 0.273. The molecule has 0 aromatic heterocycles. The van der Waals surface area contributed by atoms with Crippen molar-refractivity contribution in [3.63, 3.8) is 0 Å². The molecule has 0 radical (unpaired) electrons. The molecule has 1 saturated heterocycles. The van der Waals surface area contributed by atoms with Gasteiger partial charge in [0.05, 0.1) is 19.9 Å². The normalized spacial score (nSPS) is 14.1. The van der Waals surface area contributed by atoms with Gasteiger partial charge < -0.3 is 24.6 Å². The van der Waals surface area contributed by atoms with Crippen LogP contribution in [0.1, 0.15) is 0 Å². The van der Waals surface area contributed by atoms with Gasteiger partial charge >= 0.3 is 0 Å². The van der Waals surface area contributed by atoms with Crippen molar-refractivity contribution in [2.24, 2.45) is 0 Å². The topological polar surface area (TPSA) is 77.8 Å². The Morgan fingerprint density at radius 3 is 2.53 bits per heavy atom. The number of rotatable bonds is 6. The first-order valence-electron chi connectivity index (χ1n) is 9.44. The van der Waals surface area contributed by atoms with Gasteiger partial charge in [-0.3, -0.25) is 4.79 Å². The number of ether oxygens (including phenoxy) is 2. The van der Waals surface area contributed by atoms with E-state index in [-0.39, 0.29) is 5.57 Å². The Balaban J connectivity index is 1.66. The summed E-state index contributed by atoms with van der Waals surface area (Å²) in [4.78, 5) is 16.9. The maximum Gasteiger partial charge on any atom is 0.267 e. The Bertz CT molecular complexity index is 979. The van der Waals surface area contributed by atoms with Crippen LogP contribution in [0.5, 0.6) is 11.5 Å². The van der Waals surface area contributed by atoms with E-state index >= 15 is 0 Å². The second-order valence-corrected chi connectivity index (χ2v) is 7.11. The molecule has 0 spiro atoms. The highest BCUT2D eigenvalue weighted by Gasteiger charge is 2.19. The van der Waals surface area contributed by atoms with Gasteiger partial charge in [0.15, 0.2) is 0 Å². The number of halogens is 1. The summed E-state index contributed by atoms with van der Waals surface area (Å²) in [5, 5.41) is 12.9. The van der Waals surface area contributed by atoms with Crippen LogP contribution in [0.25, 0.3) is 0 Å². The number of carbonyl (C=O) groups excluding carboxylic acids is 1. The highest BCUT2D eigenvalue weighted by Crippen LogP contribution is 2.29. The molecular weight excluding hydrogens is 404 g/mol. The predicted molar refractivity (Wildman–Crippen MR) is 117 cm³/mol. The van der Waals surface area contributed by atoms with Gasteiger partial charge in [0.2, 0.25) is 0 Å². The summed E-state index contributed by atoms with van der Waals surface area (Å²) in [7, 11) is 3.05. The van der Waals surface area contributed by atoms with E-state index in [0.29, 0.717) is 35.3 Å². The van der Waals surface area contributed by atoms with Crippen molar-refractivity contribution >= 4 is 28.9 Å². The molecule has 30 heavy (non-hydrogen) atoms. The number of methoxy groups -OCH3 is 2. The van der Waals surface area contributed by atoms with Gasteiger partial charge in [-0.1, -0.05) is 17.7 Å². The van der Waals surface area contributed by atoms with E-state index in [2.05, 4.69) is 10.2 Å². The van der Waals surface area contributed by atoms with Crippen molar-refractivity contribution in [3.8, 4) is 17.6 Å². The number of piperazine rings is 1. The van der Waals surface area contributed by atoms with Crippen LogP contribution in [0.3, 0.4) is 0 Å². The number of nitrogens with zero attached hydrogens (tertiary/aromatic N) is 3. The average Bonchev–Trinajstić information content (AvgIpc) is 2.77. The lowest BCUT2D eigenvalue weighted by atomic mass is 10.2. The van der Waals surface area contributed by atoms with E-state index in [9.17, 15) is 10.1 Å². The van der Waals surface area contributed by atoms with E-state index < -0.39 is 5.91 Å². The van der Waals surface area contributed by atoms with Crippen LogP contribution < -0.4 is 19.7 Å².